The molecule has 0 N–H and O–H groups in total. The van der Waals surface area contributed by atoms with Crippen LogP contribution in [0.4, 0.5) is 17.1 Å². The second kappa shape index (κ2) is 9.08. The molecule has 8 aromatic rings. The van der Waals surface area contributed by atoms with E-state index < -0.39 is 0 Å². The Labute approximate surface area is 256 Å². The molecule has 0 atom stereocenters. The van der Waals surface area contributed by atoms with Gasteiger partial charge in [0.15, 0.2) is 5.58 Å². The lowest BCUT2D eigenvalue weighted by atomic mass is 9.81. The summed E-state index contributed by atoms with van der Waals surface area (Å²) in [7, 11) is 0. The normalized spacial score (nSPS) is 13.5. The molecule has 0 aliphatic heterocycles. The molecule has 1 heterocycles. The zero-order valence-corrected chi connectivity index (χ0v) is 25.1. The van der Waals surface area contributed by atoms with Gasteiger partial charge in [-0.3, -0.25) is 0 Å². The number of hydrogen-bond donors (Lipinski definition) is 0. The van der Waals surface area contributed by atoms with Gasteiger partial charge in [-0.1, -0.05) is 105 Å². The first-order valence-corrected chi connectivity index (χ1v) is 15.4. The van der Waals surface area contributed by atoms with Gasteiger partial charge in [-0.05, 0) is 93.4 Å². The maximum Gasteiger partial charge on any atom is 0.159 e. The number of rotatable bonds is 3. The SMILES string of the molecule is Cc1cccc(N(c2cc3c(c4ccccc24)-c2cc4ccccc4cc2C3(C)C)c2cccc3c2oc2ccccc23)c1. The number of fused-ring (bicyclic) bond motifs is 9. The maximum atomic E-state index is 6.64. The fourth-order valence-electron chi connectivity index (χ4n) is 7.52. The van der Waals surface area contributed by atoms with Crippen molar-refractivity contribution in [2.75, 3.05) is 4.90 Å². The van der Waals surface area contributed by atoms with E-state index in [1.54, 1.807) is 0 Å². The monoisotopic (exact) mass is 565 g/mol. The topological polar surface area (TPSA) is 16.4 Å². The van der Waals surface area contributed by atoms with Crippen LogP contribution in [0, 0.1) is 6.92 Å². The number of nitrogens with zero attached hydrogens (tertiary/aromatic N) is 1. The van der Waals surface area contributed by atoms with E-state index in [0.29, 0.717) is 0 Å². The zero-order chi connectivity index (χ0) is 29.6. The van der Waals surface area contributed by atoms with Crippen LogP contribution in [0.15, 0.2) is 138 Å². The standard InChI is InChI=1S/C42H31NO/c1-26-12-10-15-29(22-26)43(37-20-11-19-33-31-17-8-9-21-39(31)44-41(33)37)38-25-36-40(32-18-7-6-16-30(32)38)34-23-27-13-4-5-14-28(27)24-35(34)42(36,2)3/h4-25H,1-3H3. The van der Waals surface area contributed by atoms with Crippen molar-refractivity contribution in [2.45, 2.75) is 26.2 Å². The van der Waals surface area contributed by atoms with Crippen molar-refractivity contribution in [1.29, 1.82) is 0 Å². The summed E-state index contributed by atoms with van der Waals surface area (Å²) >= 11 is 0. The van der Waals surface area contributed by atoms with E-state index in [1.165, 1.54) is 49.4 Å². The fourth-order valence-corrected chi connectivity index (χ4v) is 7.52. The Kier molecular flexibility index (Phi) is 5.20. The van der Waals surface area contributed by atoms with E-state index in [-0.39, 0.29) is 5.41 Å². The smallest absolute Gasteiger partial charge is 0.159 e. The highest BCUT2D eigenvalue weighted by Crippen LogP contribution is 2.55. The van der Waals surface area contributed by atoms with Gasteiger partial charge in [0.2, 0.25) is 0 Å². The Bertz CT molecular complexity index is 2440. The molecule has 210 valence electrons. The molecule has 0 fully saturated rings. The van der Waals surface area contributed by atoms with E-state index in [0.717, 1.165) is 39.0 Å². The van der Waals surface area contributed by atoms with Gasteiger partial charge < -0.3 is 9.32 Å². The van der Waals surface area contributed by atoms with Gasteiger partial charge in [0.1, 0.15) is 5.58 Å². The molecule has 0 bridgehead atoms. The largest absolute Gasteiger partial charge is 0.454 e. The predicted octanol–water partition coefficient (Wildman–Crippen LogP) is 12.0. The van der Waals surface area contributed by atoms with Crippen LogP contribution < -0.4 is 4.90 Å². The van der Waals surface area contributed by atoms with Gasteiger partial charge >= 0.3 is 0 Å². The molecule has 0 spiro atoms. The maximum absolute atomic E-state index is 6.64. The van der Waals surface area contributed by atoms with Crippen LogP contribution in [0.2, 0.25) is 0 Å². The Morgan fingerprint density at radius 3 is 2.05 bits per heavy atom. The van der Waals surface area contributed by atoms with Gasteiger partial charge in [0, 0.05) is 27.3 Å². The van der Waals surface area contributed by atoms with Crippen molar-refractivity contribution in [3.05, 3.63) is 150 Å². The highest BCUT2D eigenvalue weighted by Gasteiger charge is 2.38. The number of benzene rings is 7. The summed E-state index contributed by atoms with van der Waals surface area (Å²) in [6.45, 7) is 6.92. The number of furan rings is 1. The lowest BCUT2D eigenvalue weighted by Crippen LogP contribution is -2.17. The molecule has 1 aliphatic carbocycles. The highest BCUT2D eigenvalue weighted by molar-refractivity contribution is 6.14. The van der Waals surface area contributed by atoms with Crippen LogP contribution in [0.5, 0.6) is 0 Å². The van der Waals surface area contributed by atoms with Crippen molar-refractivity contribution in [1.82, 2.24) is 0 Å². The first-order chi connectivity index (χ1) is 21.5. The van der Waals surface area contributed by atoms with E-state index in [4.69, 9.17) is 4.42 Å². The Balaban J connectivity index is 1.39. The molecular formula is C42H31NO. The average molecular weight is 566 g/mol. The molecule has 0 amide bonds. The molecule has 7 aromatic carbocycles. The summed E-state index contributed by atoms with van der Waals surface area (Å²) in [6, 6.07) is 48.6. The van der Waals surface area contributed by atoms with Gasteiger partial charge in [-0.2, -0.15) is 0 Å². The molecule has 2 nitrogen and oxygen atoms in total. The van der Waals surface area contributed by atoms with Crippen molar-refractivity contribution < 1.29 is 4.42 Å². The third kappa shape index (κ3) is 3.48. The van der Waals surface area contributed by atoms with Crippen LogP contribution in [-0.2, 0) is 5.41 Å². The molecule has 0 saturated heterocycles. The third-order valence-corrected chi connectivity index (χ3v) is 9.65. The van der Waals surface area contributed by atoms with Crippen molar-refractivity contribution >= 4 is 60.5 Å². The minimum absolute atomic E-state index is 0.170. The van der Waals surface area contributed by atoms with Gasteiger partial charge in [0.05, 0.1) is 11.4 Å². The average Bonchev–Trinajstić information content (AvgIpc) is 3.53. The summed E-state index contributed by atoms with van der Waals surface area (Å²) < 4.78 is 6.64. The minimum Gasteiger partial charge on any atom is -0.454 e. The van der Waals surface area contributed by atoms with Crippen molar-refractivity contribution in [3.8, 4) is 11.1 Å². The minimum atomic E-state index is -0.170. The van der Waals surface area contributed by atoms with Gasteiger partial charge in [0.25, 0.3) is 0 Å². The van der Waals surface area contributed by atoms with Crippen LogP contribution in [0.1, 0.15) is 30.5 Å². The molecule has 1 aliphatic rings. The Hall–Kier alpha value is -5.34. The van der Waals surface area contributed by atoms with Gasteiger partial charge in [-0.15, -0.1) is 0 Å². The van der Waals surface area contributed by atoms with Crippen LogP contribution in [0.3, 0.4) is 0 Å². The van der Waals surface area contributed by atoms with Crippen molar-refractivity contribution in [3.63, 3.8) is 0 Å². The zero-order valence-electron chi connectivity index (χ0n) is 25.1. The Morgan fingerprint density at radius 2 is 1.23 bits per heavy atom. The van der Waals surface area contributed by atoms with E-state index in [1.807, 2.05) is 6.07 Å². The van der Waals surface area contributed by atoms with E-state index in [2.05, 4.69) is 153 Å². The highest BCUT2D eigenvalue weighted by atomic mass is 16.3. The van der Waals surface area contributed by atoms with Crippen LogP contribution >= 0.6 is 0 Å². The number of hydrogen-bond acceptors (Lipinski definition) is 2. The summed E-state index contributed by atoms with van der Waals surface area (Å²) in [5.74, 6) is 0. The second-order valence-electron chi connectivity index (χ2n) is 12.7. The lowest BCUT2D eigenvalue weighted by molar-refractivity contribution is 0.661. The van der Waals surface area contributed by atoms with E-state index >= 15 is 0 Å². The quantitative estimate of drug-likeness (QED) is 0.212. The number of anilines is 3. The van der Waals surface area contributed by atoms with Crippen LogP contribution in [0.25, 0.3) is 54.6 Å². The van der Waals surface area contributed by atoms with Crippen molar-refractivity contribution in [2.24, 2.45) is 0 Å². The summed E-state index contributed by atoms with van der Waals surface area (Å²) in [6.07, 6.45) is 0. The Morgan fingerprint density at radius 1 is 0.545 bits per heavy atom. The number of aryl methyl sites for hydroxylation is 1. The predicted molar refractivity (Wildman–Crippen MR) is 186 cm³/mol. The summed E-state index contributed by atoms with van der Waals surface area (Å²) in [4.78, 5) is 2.41. The fraction of sp³-hybridized carbons (Fsp3) is 0.0952. The summed E-state index contributed by atoms with van der Waals surface area (Å²) in [5.41, 5.74) is 11.6. The molecule has 0 radical (unpaired) electrons. The molecular weight excluding hydrogens is 534 g/mol. The second-order valence-corrected chi connectivity index (χ2v) is 12.7. The first-order valence-electron chi connectivity index (χ1n) is 15.4. The summed E-state index contributed by atoms with van der Waals surface area (Å²) in [5, 5.41) is 7.32. The number of para-hydroxylation sites is 2. The molecule has 1 aromatic heterocycles. The lowest BCUT2D eigenvalue weighted by Gasteiger charge is -2.30. The molecule has 44 heavy (non-hydrogen) atoms. The molecule has 0 unspecified atom stereocenters. The molecule has 9 rings (SSSR count). The first kappa shape index (κ1) is 25.2. The molecule has 2 heteroatoms. The van der Waals surface area contributed by atoms with Crippen LogP contribution in [-0.4, -0.2) is 0 Å². The third-order valence-electron chi connectivity index (χ3n) is 9.65. The molecule has 0 saturated carbocycles. The van der Waals surface area contributed by atoms with Gasteiger partial charge in [-0.25, -0.2) is 0 Å². The van der Waals surface area contributed by atoms with E-state index in [9.17, 15) is 0 Å².